The predicted octanol–water partition coefficient (Wildman–Crippen LogP) is 4.35. The highest BCUT2D eigenvalue weighted by molar-refractivity contribution is 7.89. The first-order chi connectivity index (χ1) is 17.2. The van der Waals surface area contributed by atoms with Crippen molar-refractivity contribution >= 4 is 15.9 Å². The summed E-state index contributed by atoms with van der Waals surface area (Å²) in [6, 6.07) is 19.9. The van der Waals surface area contributed by atoms with Gasteiger partial charge in [-0.2, -0.15) is 9.57 Å². The Morgan fingerprint density at radius 2 is 1.53 bits per heavy atom. The molecule has 186 valence electrons. The fraction of sp³-hybridized carbons (Fsp3) is 0.286. The lowest BCUT2D eigenvalue weighted by Crippen LogP contribution is -2.50. The summed E-state index contributed by atoms with van der Waals surface area (Å²) in [6.45, 7) is 6.81. The van der Waals surface area contributed by atoms with E-state index in [0.717, 1.165) is 22.3 Å². The fourth-order valence-corrected chi connectivity index (χ4v) is 5.85. The molecule has 1 amide bonds. The second-order valence-electron chi connectivity index (χ2n) is 9.15. The van der Waals surface area contributed by atoms with Crippen LogP contribution in [0.3, 0.4) is 0 Å². The zero-order chi connectivity index (χ0) is 25.9. The number of ether oxygens (including phenoxy) is 1. The number of rotatable bonds is 6. The third kappa shape index (κ3) is 5.76. The van der Waals surface area contributed by atoms with Gasteiger partial charge in [-0.25, -0.2) is 8.42 Å². The van der Waals surface area contributed by atoms with Gasteiger partial charge in [0.1, 0.15) is 16.4 Å². The molecule has 8 heteroatoms. The molecule has 0 aliphatic carbocycles. The van der Waals surface area contributed by atoms with E-state index < -0.39 is 10.0 Å². The summed E-state index contributed by atoms with van der Waals surface area (Å²) in [5, 5.41) is 9.38. The van der Waals surface area contributed by atoms with Crippen LogP contribution in [0.4, 0.5) is 0 Å². The molecule has 36 heavy (non-hydrogen) atoms. The van der Waals surface area contributed by atoms with Crippen molar-refractivity contribution < 1.29 is 17.9 Å². The zero-order valence-corrected chi connectivity index (χ0v) is 21.5. The Hall–Kier alpha value is -3.67. The average molecular weight is 504 g/mol. The van der Waals surface area contributed by atoms with Crippen molar-refractivity contribution in [2.75, 3.05) is 26.2 Å². The number of benzene rings is 3. The Labute approximate surface area is 212 Å². The van der Waals surface area contributed by atoms with Crippen molar-refractivity contribution in [3.8, 4) is 17.6 Å². The van der Waals surface area contributed by atoms with Crippen LogP contribution in [0.2, 0.25) is 0 Å². The summed E-state index contributed by atoms with van der Waals surface area (Å²) in [5.41, 5.74) is 4.28. The number of amides is 1. The number of nitriles is 1. The molecule has 0 aromatic heterocycles. The van der Waals surface area contributed by atoms with Crippen LogP contribution in [-0.2, 0) is 21.2 Å². The number of hydrogen-bond acceptors (Lipinski definition) is 5. The maximum Gasteiger partial charge on any atom is 0.246 e. The van der Waals surface area contributed by atoms with Gasteiger partial charge in [-0.15, -0.1) is 0 Å². The van der Waals surface area contributed by atoms with Crippen LogP contribution in [0.25, 0.3) is 0 Å². The minimum atomic E-state index is -3.96. The van der Waals surface area contributed by atoms with Gasteiger partial charge in [0.05, 0.1) is 18.1 Å². The van der Waals surface area contributed by atoms with Crippen molar-refractivity contribution in [1.82, 2.24) is 9.21 Å². The molecule has 7 nitrogen and oxygen atoms in total. The quantitative estimate of drug-likeness (QED) is 0.499. The molecular formula is C28H29N3O4S. The van der Waals surface area contributed by atoms with E-state index in [2.05, 4.69) is 0 Å². The highest BCUT2D eigenvalue weighted by Crippen LogP contribution is 2.33. The Balaban J connectivity index is 1.51. The van der Waals surface area contributed by atoms with Gasteiger partial charge in [0.15, 0.2) is 0 Å². The van der Waals surface area contributed by atoms with E-state index in [-0.39, 0.29) is 41.6 Å². The molecule has 1 heterocycles. The highest BCUT2D eigenvalue weighted by atomic mass is 32.2. The topological polar surface area (TPSA) is 90.7 Å². The van der Waals surface area contributed by atoms with E-state index in [1.165, 1.54) is 16.4 Å². The first kappa shape index (κ1) is 25.4. The van der Waals surface area contributed by atoms with E-state index in [1.54, 1.807) is 11.0 Å². The van der Waals surface area contributed by atoms with Crippen LogP contribution < -0.4 is 4.74 Å². The summed E-state index contributed by atoms with van der Waals surface area (Å²) in [4.78, 5) is 14.4. The van der Waals surface area contributed by atoms with Gasteiger partial charge in [-0.1, -0.05) is 35.9 Å². The lowest BCUT2D eigenvalue weighted by molar-refractivity contribution is -0.131. The summed E-state index contributed by atoms with van der Waals surface area (Å²) < 4.78 is 34.6. The second-order valence-corrected chi connectivity index (χ2v) is 11.1. The van der Waals surface area contributed by atoms with Gasteiger partial charge >= 0.3 is 0 Å². The average Bonchev–Trinajstić information content (AvgIpc) is 2.85. The smallest absolute Gasteiger partial charge is 0.246 e. The molecule has 1 saturated heterocycles. The van der Waals surface area contributed by atoms with Gasteiger partial charge in [-0.3, -0.25) is 4.79 Å². The Morgan fingerprint density at radius 3 is 2.14 bits per heavy atom. The highest BCUT2D eigenvalue weighted by Gasteiger charge is 2.32. The van der Waals surface area contributed by atoms with Crippen molar-refractivity contribution in [2.45, 2.75) is 32.1 Å². The minimum Gasteiger partial charge on any atom is -0.456 e. The number of sulfonamides is 1. The Morgan fingerprint density at radius 1 is 0.889 bits per heavy atom. The molecule has 3 aromatic carbocycles. The molecule has 3 aromatic rings. The molecule has 4 rings (SSSR count). The molecule has 1 aliphatic heterocycles. The SMILES string of the molecule is Cc1ccc(CC(=O)N2CCN(S(=O)(=O)c3cc(C#N)ccc3Oc3cc(C)cc(C)c3)CC2)cc1. The number of piperazine rings is 1. The molecule has 0 unspecified atom stereocenters. The van der Waals surface area contributed by atoms with Gasteiger partial charge in [0.25, 0.3) is 0 Å². The van der Waals surface area contributed by atoms with Crippen LogP contribution in [-0.4, -0.2) is 49.7 Å². The number of nitrogens with zero attached hydrogens (tertiary/aromatic N) is 3. The standard InChI is InChI=1S/C28H29N3O4S/c1-20-4-6-23(7-5-20)18-28(32)30-10-12-31(13-11-30)36(33,34)27-17-24(19-29)8-9-26(27)35-25-15-21(2)14-22(3)16-25/h4-9,14-17H,10-13,18H2,1-3H3. The van der Waals surface area contributed by atoms with E-state index in [1.807, 2.05) is 69.3 Å². The van der Waals surface area contributed by atoms with Gasteiger partial charge in [0, 0.05) is 26.2 Å². The van der Waals surface area contributed by atoms with Crippen LogP contribution in [0.1, 0.15) is 27.8 Å². The van der Waals surface area contributed by atoms with E-state index in [4.69, 9.17) is 4.74 Å². The minimum absolute atomic E-state index is 0.0266. The molecule has 1 fully saturated rings. The van der Waals surface area contributed by atoms with E-state index in [9.17, 15) is 18.5 Å². The van der Waals surface area contributed by atoms with E-state index >= 15 is 0 Å². The summed E-state index contributed by atoms with van der Waals surface area (Å²) in [5.74, 6) is 0.665. The van der Waals surface area contributed by atoms with Gasteiger partial charge in [0.2, 0.25) is 15.9 Å². The molecular weight excluding hydrogens is 474 g/mol. The van der Waals surface area contributed by atoms with Crippen LogP contribution in [0.15, 0.2) is 65.6 Å². The number of carbonyl (C=O) groups excluding carboxylic acids is 1. The first-order valence-electron chi connectivity index (χ1n) is 11.8. The van der Waals surface area contributed by atoms with Crippen molar-refractivity contribution in [3.05, 3.63) is 88.5 Å². The maximum atomic E-state index is 13.6. The molecule has 0 saturated carbocycles. The van der Waals surface area contributed by atoms with Crippen LogP contribution in [0, 0.1) is 32.1 Å². The van der Waals surface area contributed by atoms with Gasteiger partial charge in [-0.05, 0) is 67.8 Å². The maximum absolute atomic E-state index is 13.6. The first-order valence-corrected chi connectivity index (χ1v) is 13.2. The van der Waals surface area contributed by atoms with Crippen molar-refractivity contribution in [2.24, 2.45) is 0 Å². The fourth-order valence-electron chi connectivity index (χ4n) is 4.29. The molecule has 0 N–H and O–H groups in total. The van der Waals surface area contributed by atoms with Crippen LogP contribution >= 0.6 is 0 Å². The number of hydrogen-bond donors (Lipinski definition) is 0. The summed E-state index contributed by atoms with van der Waals surface area (Å²) in [7, 11) is -3.96. The normalized spacial score (nSPS) is 14.3. The molecule has 0 radical (unpaired) electrons. The van der Waals surface area contributed by atoms with Gasteiger partial charge < -0.3 is 9.64 Å². The number of carbonyl (C=O) groups is 1. The molecule has 1 aliphatic rings. The third-order valence-corrected chi connectivity index (χ3v) is 8.10. The molecule has 0 spiro atoms. The monoisotopic (exact) mass is 503 g/mol. The Bertz CT molecular complexity index is 1400. The van der Waals surface area contributed by atoms with Crippen molar-refractivity contribution in [3.63, 3.8) is 0 Å². The predicted molar refractivity (Wildman–Crippen MR) is 137 cm³/mol. The lowest BCUT2D eigenvalue weighted by atomic mass is 10.1. The van der Waals surface area contributed by atoms with E-state index in [0.29, 0.717) is 18.8 Å². The lowest BCUT2D eigenvalue weighted by Gasteiger charge is -2.34. The Kier molecular flexibility index (Phi) is 7.43. The van der Waals surface area contributed by atoms with Crippen molar-refractivity contribution in [1.29, 1.82) is 5.26 Å². The summed E-state index contributed by atoms with van der Waals surface area (Å²) in [6.07, 6.45) is 0.283. The number of aryl methyl sites for hydroxylation is 3. The third-order valence-electron chi connectivity index (χ3n) is 6.18. The zero-order valence-electron chi connectivity index (χ0n) is 20.7. The largest absolute Gasteiger partial charge is 0.456 e. The molecule has 0 bridgehead atoms. The molecule has 0 atom stereocenters. The second kappa shape index (κ2) is 10.5. The summed E-state index contributed by atoms with van der Waals surface area (Å²) >= 11 is 0. The van der Waals surface area contributed by atoms with Crippen LogP contribution in [0.5, 0.6) is 11.5 Å².